The highest BCUT2D eigenvalue weighted by molar-refractivity contribution is 6.05. The first kappa shape index (κ1) is 22.4. The SMILES string of the molecule is CCN(CC)c1ccc(NC(=O)c2cncc(C(=O)NCCCN(C)C)c2)cc1. The van der Waals surface area contributed by atoms with Crippen LogP contribution in [-0.2, 0) is 0 Å². The Labute approximate surface area is 173 Å². The minimum atomic E-state index is -0.296. The summed E-state index contributed by atoms with van der Waals surface area (Å²) in [4.78, 5) is 33.2. The minimum absolute atomic E-state index is 0.227. The van der Waals surface area contributed by atoms with E-state index in [1.54, 1.807) is 6.07 Å². The Kier molecular flexibility index (Phi) is 8.61. The van der Waals surface area contributed by atoms with Crippen LogP contribution in [0, 0.1) is 0 Å². The standard InChI is InChI=1S/C22H31N5O2/c1-5-27(6-2)20-10-8-19(9-11-20)25-22(29)18-14-17(15-23-16-18)21(28)24-12-7-13-26(3)4/h8-11,14-16H,5-7,12-13H2,1-4H3,(H,24,28)(H,25,29). The summed E-state index contributed by atoms with van der Waals surface area (Å²) in [5, 5.41) is 5.71. The fraction of sp³-hybridized carbons (Fsp3) is 0.409. The van der Waals surface area contributed by atoms with Crippen LogP contribution in [0.15, 0.2) is 42.7 Å². The van der Waals surface area contributed by atoms with E-state index in [0.29, 0.717) is 23.4 Å². The smallest absolute Gasteiger partial charge is 0.257 e. The maximum atomic E-state index is 12.6. The maximum Gasteiger partial charge on any atom is 0.257 e. The van der Waals surface area contributed by atoms with Gasteiger partial charge < -0.3 is 20.4 Å². The zero-order chi connectivity index (χ0) is 21.2. The van der Waals surface area contributed by atoms with Gasteiger partial charge in [0.15, 0.2) is 0 Å². The van der Waals surface area contributed by atoms with E-state index in [-0.39, 0.29) is 11.8 Å². The molecule has 2 rings (SSSR count). The first-order valence-electron chi connectivity index (χ1n) is 9.99. The van der Waals surface area contributed by atoms with E-state index >= 15 is 0 Å². The molecule has 0 spiro atoms. The van der Waals surface area contributed by atoms with Gasteiger partial charge in [-0.25, -0.2) is 0 Å². The number of hydrogen-bond acceptors (Lipinski definition) is 5. The molecule has 1 heterocycles. The Balaban J connectivity index is 1.97. The van der Waals surface area contributed by atoms with Gasteiger partial charge >= 0.3 is 0 Å². The minimum Gasteiger partial charge on any atom is -0.372 e. The third-order valence-corrected chi connectivity index (χ3v) is 4.58. The van der Waals surface area contributed by atoms with Crippen LogP contribution in [0.3, 0.4) is 0 Å². The van der Waals surface area contributed by atoms with Crippen LogP contribution in [0.5, 0.6) is 0 Å². The van der Waals surface area contributed by atoms with Crippen molar-refractivity contribution in [2.24, 2.45) is 0 Å². The van der Waals surface area contributed by atoms with E-state index in [0.717, 1.165) is 31.7 Å². The third-order valence-electron chi connectivity index (χ3n) is 4.58. The Morgan fingerprint density at radius 2 is 1.59 bits per heavy atom. The second kappa shape index (κ2) is 11.2. The molecule has 2 aromatic rings. The molecule has 7 nitrogen and oxygen atoms in total. The number of pyridine rings is 1. The molecule has 0 aliphatic heterocycles. The van der Waals surface area contributed by atoms with Crippen LogP contribution >= 0.6 is 0 Å². The molecule has 7 heteroatoms. The lowest BCUT2D eigenvalue weighted by Crippen LogP contribution is -2.27. The van der Waals surface area contributed by atoms with Crippen LogP contribution in [-0.4, -0.2) is 62.0 Å². The molecule has 0 fully saturated rings. The van der Waals surface area contributed by atoms with Gasteiger partial charge in [0, 0.05) is 43.4 Å². The van der Waals surface area contributed by atoms with E-state index < -0.39 is 0 Å². The van der Waals surface area contributed by atoms with Crippen molar-refractivity contribution in [1.82, 2.24) is 15.2 Å². The van der Waals surface area contributed by atoms with Crippen molar-refractivity contribution >= 4 is 23.2 Å². The molecule has 0 saturated carbocycles. The molecule has 0 saturated heterocycles. The van der Waals surface area contributed by atoms with Gasteiger partial charge in [-0.3, -0.25) is 14.6 Å². The number of nitrogens with one attached hydrogen (secondary N) is 2. The van der Waals surface area contributed by atoms with Crippen molar-refractivity contribution in [3.8, 4) is 0 Å². The number of aromatic nitrogens is 1. The van der Waals surface area contributed by atoms with E-state index in [1.807, 2.05) is 38.4 Å². The molecule has 0 unspecified atom stereocenters. The Hall–Kier alpha value is -2.93. The number of rotatable bonds is 10. The molecule has 29 heavy (non-hydrogen) atoms. The number of carbonyl (C=O) groups is 2. The number of hydrogen-bond donors (Lipinski definition) is 2. The topological polar surface area (TPSA) is 77.6 Å². The largest absolute Gasteiger partial charge is 0.372 e. The molecule has 1 aromatic carbocycles. The van der Waals surface area contributed by atoms with Crippen LogP contribution in [0.4, 0.5) is 11.4 Å². The summed E-state index contributed by atoms with van der Waals surface area (Å²) in [7, 11) is 3.98. The molecule has 156 valence electrons. The molecular formula is C22H31N5O2. The number of nitrogens with zero attached hydrogens (tertiary/aromatic N) is 3. The highest BCUT2D eigenvalue weighted by atomic mass is 16.2. The zero-order valence-electron chi connectivity index (χ0n) is 17.7. The van der Waals surface area contributed by atoms with E-state index in [2.05, 4.69) is 39.3 Å². The molecule has 0 atom stereocenters. The summed E-state index contributed by atoms with van der Waals surface area (Å²) in [6.45, 7) is 7.55. The van der Waals surface area contributed by atoms with E-state index in [4.69, 9.17) is 0 Å². The lowest BCUT2D eigenvalue weighted by atomic mass is 10.1. The molecule has 0 radical (unpaired) electrons. The number of benzene rings is 1. The fourth-order valence-electron chi connectivity index (χ4n) is 2.94. The van der Waals surface area contributed by atoms with Crippen LogP contribution in [0.1, 0.15) is 41.0 Å². The number of amides is 2. The van der Waals surface area contributed by atoms with Crippen LogP contribution in [0.2, 0.25) is 0 Å². The predicted molar refractivity (Wildman–Crippen MR) is 118 cm³/mol. The number of anilines is 2. The quantitative estimate of drug-likeness (QED) is 0.603. The molecular weight excluding hydrogens is 366 g/mol. The average Bonchev–Trinajstić information content (AvgIpc) is 2.73. The van der Waals surface area contributed by atoms with Gasteiger partial charge in [0.25, 0.3) is 11.8 Å². The first-order chi connectivity index (χ1) is 13.9. The van der Waals surface area contributed by atoms with E-state index in [9.17, 15) is 9.59 Å². The van der Waals surface area contributed by atoms with Gasteiger partial charge in [-0.15, -0.1) is 0 Å². The second-order valence-electron chi connectivity index (χ2n) is 7.05. The molecule has 0 bridgehead atoms. The zero-order valence-corrected chi connectivity index (χ0v) is 17.7. The summed E-state index contributed by atoms with van der Waals surface area (Å²) in [5.41, 5.74) is 2.53. The summed E-state index contributed by atoms with van der Waals surface area (Å²) in [6, 6.07) is 9.28. The van der Waals surface area contributed by atoms with E-state index in [1.165, 1.54) is 12.4 Å². The van der Waals surface area contributed by atoms with Gasteiger partial charge in [-0.05, 0) is 71.2 Å². The molecule has 0 aliphatic carbocycles. The van der Waals surface area contributed by atoms with Gasteiger partial charge in [-0.2, -0.15) is 0 Å². The Morgan fingerprint density at radius 1 is 0.966 bits per heavy atom. The average molecular weight is 398 g/mol. The normalized spacial score (nSPS) is 10.7. The van der Waals surface area contributed by atoms with Crippen LogP contribution in [0.25, 0.3) is 0 Å². The van der Waals surface area contributed by atoms with Crippen molar-refractivity contribution in [2.45, 2.75) is 20.3 Å². The summed E-state index contributed by atoms with van der Waals surface area (Å²) >= 11 is 0. The summed E-state index contributed by atoms with van der Waals surface area (Å²) in [5.74, 6) is -0.523. The lowest BCUT2D eigenvalue weighted by Gasteiger charge is -2.21. The Bertz CT molecular complexity index is 801. The lowest BCUT2D eigenvalue weighted by molar-refractivity contribution is 0.0952. The van der Waals surface area contributed by atoms with Crippen LogP contribution < -0.4 is 15.5 Å². The molecule has 2 amide bonds. The highest BCUT2D eigenvalue weighted by Gasteiger charge is 2.12. The molecule has 1 aromatic heterocycles. The Morgan fingerprint density at radius 3 is 2.17 bits per heavy atom. The van der Waals surface area contributed by atoms with Gasteiger partial charge in [-0.1, -0.05) is 0 Å². The monoisotopic (exact) mass is 397 g/mol. The molecule has 0 aliphatic rings. The maximum absolute atomic E-state index is 12.6. The van der Waals surface area contributed by atoms with Crippen molar-refractivity contribution in [2.75, 3.05) is 50.5 Å². The highest BCUT2D eigenvalue weighted by Crippen LogP contribution is 2.18. The van der Waals surface area contributed by atoms with Crippen molar-refractivity contribution < 1.29 is 9.59 Å². The van der Waals surface area contributed by atoms with Crippen molar-refractivity contribution in [3.05, 3.63) is 53.9 Å². The second-order valence-corrected chi connectivity index (χ2v) is 7.05. The number of carbonyl (C=O) groups excluding carboxylic acids is 2. The summed E-state index contributed by atoms with van der Waals surface area (Å²) < 4.78 is 0. The third kappa shape index (κ3) is 6.87. The first-order valence-corrected chi connectivity index (χ1v) is 9.99. The van der Waals surface area contributed by atoms with Gasteiger partial charge in [0.05, 0.1) is 11.1 Å². The predicted octanol–water partition coefficient (Wildman–Crippen LogP) is 2.86. The molecule has 2 N–H and O–H groups in total. The summed E-state index contributed by atoms with van der Waals surface area (Å²) in [6.07, 6.45) is 3.79. The van der Waals surface area contributed by atoms with Crippen molar-refractivity contribution in [1.29, 1.82) is 0 Å². The van der Waals surface area contributed by atoms with Gasteiger partial charge in [0.1, 0.15) is 0 Å². The van der Waals surface area contributed by atoms with Gasteiger partial charge in [0.2, 0.25) is 0 Å². The van der Waals surface area contributed by atoms with Crippen molar-refractivity contribution in [3.63, 3.8) is 0 Å². The fourth-order valence-corrected chi connectivity index (χ4v) is 2.94.